The minimum absolute atomic E-state index is 0. The van der Waals surface area contributed by atoms with Crippen molar-refractivity contribution in [2.75, 3.05) is 13.6 Å². The predicted molar refractivity (Wildman–Crippen MR) is 101 cm³/mol. The van der Waals surface area contributed by atoms with Crippen LogP contribution in [0, 0.1) is 0 Å². The SMILES string of the molecule is CCNC(=NCc1ccon1)N(C)Cc1ccc(OC(F)F)cc1.I. The van der Waals surface area contributed by atoms with Gasteiger partial charge in [0.2, 0.25) is 0 Å². The van der Waals surface area contributed by atoms with Crippen molar-refractivity contribution in [3.8, 4) is 5.75 Å². The molecule has 9 heteroatoms. The highest BCUT2D eigenvalue weighted by Crippen LogP contribution is 2.15. The third-order valence-electron chi connectivity index (χ3n) is 3.15. The van der Waals surface area contributed by atoms with Gasteiger partial charge in [0.05, 0.1) is 6.54 Å². The molecule has 2 rings (SSSR count). The Morgan fingerprint density at radius 3 is 2.60 bits per heavy atom. The van der Waals surface area contributed by atoms with Gasteiger partial charge in [0.25, 0.3) is 0 Å². The first-order chi connectivity index (χ1) is 11.6. The van der Waals surface area contributed by atoms with Gasteiger partial charge in [-0.3, -0.25) is 0 Å². The molecule has 1 N–H and O–H groups in total. The Kier molecular flexibility index (Phi) is 9.17. The maximum atomic E-state index is 12.2. The molecule has 0 aliphatic carbocycles. The summed E-state index contributed by atoms with van der Waals surface area (Å²) >= 11 is 0. The van der Waals surface area contributed by atoms with Crippen molar-refractivity contribution < 1.29 is 18.0 Å². The van der Waals surface area contributed by atoms with E-state index in [2.05, 4.69) is 20.2 Å². The fourth-order valence-corrected chi connectivity index (χ4v) is 2.07. The smallest absolute Gasteiger partial charge is 0.387 e. The maximum absolute atomic E-state index is 12.2. The van der Waals surface area contributed by atoms with Crippen molar-refractivity contribution in [1.82, 2.24) is 15.4 Å². The Hall–Kier alpha value is -1.91. The Bertz CT molecular complexity index is 636. The zero-order chi connectivity index (χ0) is 17.4. The molecular formula is C16H21F2IN4O2. The van der Waals surface area contributed by atoms with Crippen LogP contribution in [0.3, 0.4) is 0 Å². The number of guanidine groups is 1. The van der Waals surface area contributed by atoms with Gasteiger partial charge >= 0.3 is 6.61 Å². The van der Waals surface area contributed by atoms with Crippen molar-refractivity contribution in [3.05, 3.63) is 47.9 Å². The van der Waals surface area contributed by atoms with Gasteiger partial charge in [-0.05, 0) is 24.6 Å². The lowest BCUT2D eigenvalue weighted by Crippen LogP contribution is -2.38. The zero-order valence-corrected chi connectivity index (χ0v) is 16.3. The molecule has 1 aromatic heterocycles. The Morgan fingerprint density at radius 1 is 1.32 bits per heavy atom. The number of ether oxygens (including phenoxy) is 1. The average Bonchev–Trinajstić information content (AvgIpc) is 3.06. The van der Waals surface area contributed by atoms with E-state index in [1.807, 2.05) is 18.9 Å². The van der Waals surface area contributed by atoms with Gasteiger partial charge < -0.3 is 19.5 Å². The van der Waals surface area contributed by atoms with Gasteiger partial charge in [-0.15, -0.1) is 24.0 Å². The lowest BCUT2D eigenvalue weighted by molar-refractivity contribution is -0.0498. The van der Waals surface area contributed by atoms with E-state index in [0.717, 1.165) is 17.8 Å². The van der Waals surface area contributed by atoms with E-state index in [4.69, 9.17) is 4.52 Å². The maximum Gasteiger partial charge on any atom is 0.387 e. The molecule has 0 unspecified atom stereocenters. The molecule has 0 aliphatic heterocycles. The first kappa shape index (κ1) is 21.1. The summed E-state index contributed by atoms with van der Waals surface area (Å²) in [6.07, 6.45) is 1.50. The number of nitrogens with one attached hydrogen (secondary N) is 1. The van der Waals surface area contributed by atoms with Crippen LogP contribution in [0.4, 0.5) is 8.78 Å². The number of alkyl halides is 2. The molecule has 0 saturated carbocycles. The quantitative estimate of drug-likeness (QED) is 0.385. The number of aliphatic imine (C=N–C) groups is 1. The van der Waals surface area contributed by atoms with Crippen LogP contribution in [0.1, 0.15) is 18.2 Å². The van der Waals surface area contributed by atoms with E-state index in [0.29, 0.717) is 19.0 Å². The van der Waals surface area contributed by atoms with Crippen molar-refractivity contribution >= 4 is 29.9 Å². The second kappa shape index (κ2) is 10.9. The topological polar surface area (TPSA) is 62.9 Å². The summed E-state index contributed by atoms with van der Waals surface area (Å²) in [5.41, 5.74) is 1.69. The molecule has 1 aromatic carbocycles. The minimum atomic E-state index is -2.82. The van der Waals surface area contributed by atoms with E-state index < -0.39 is 6.61 Å². The van der Waals surface area contributed by atoms with Crippen LogP contribution in [0.15, 0.2) is 46.1 Å². The van der Waals surface area contributed by atoms with E-state index in [1.54, 1.807) is 18.2 Å². The molecular weight excluding hydrogens is 445 g/mol. The van der Waals surface area contributed by atoms with Crippen LogP contribution < -0.4 is 10.1 Å². The molecule has 0 amide bonds. The van der Waals surface area contributed by atoms with E-state index >= 15 is 0 Å². The number of hydrogen-bond donors (Lipinski definition) is 1. The second-order valence-electron chi connectivity index (χ2n) is 5.04. The number of nitrogens with zero attached hydrogens (tertiary/aromatic N) is 3. The Balaban J connectivity index is 0.00000312. The summed E-state index contributed by atoms with van der Waals surface area (Å²) < 4.78 is 33.4. The Morgan fingerprint density at radius 2 is 2.04 bits per heavy atom. The zero-order valence-electron chi connectivity index (χ0n) is 14.0. The molecule has 0 bridgehead atoms. The summed E-state index contributed by atoms with van der Waals surface area (Å²) in [5.74, 6) is 0.858. The molecule has 2 aromatic rings. The first-order valence-corrected chi connectivity index (χ1v) is 7.51. The molecule has 25 heavy (non-hydrogen) atoms. The normalized spacial score (nSPS) is 11.2. The summed E-state index contributed by atoms with van der Waals surface area (Å²) in [7, 11) is 1.90. The molecule has 0 atom stereocenters. The van der Waals surface area contributed by atoms with Crippen molar-refractivity contribution in [2.45, 2.75) is 26.6 Å². The average molecular weight is 466 g/mol. The molecule has 0 saturated heterocycles. The lowest BCUT2D eigenvalue weighted by atomic mass is 10.2. The van der Waals surface area contributed by atoms with Crippen molar-refractivity contribution in [2.24, 2.45) is 4.99 Å². The molecule has 6 nitrogen and oxygen atoms in total. The van der Waals surface area contributed by atoms with Crippen LogP contribution >= 0.6 is 24.0 Å². The highest BCUT2D eigenvalue weighted by atomic mass is 127. The van der Waals surface area contributed by atoms with Crippen LogP contribution in [0.5, 0.6) is 5.75 Å². The summed E-state index contributed by atoms with van der Waals surface area (Å²) in [4.78, 5) is 6.43. The third-order valence-corrected chi connectivity index (χ3v) is 3.15. The number of aromatic nitrogens is 1. The molecule has 0 radical (unpaired) electrons. The summed E-state index contributed by atoms with van der Waals surface area (Å²) in [6.45, 7) is 0.866. The standard InChI is InChI=1S/C16H20F2N4O2.HI/c1-3-19-16(20-10-13-8-9-23-21-13)22(2)11-12-4-6-14(7-5-12)24-15(17)18;/h4-9,15H,3,10-11H2,1-2H3,(H,19,20);1H. The molecule has 1 heterocycles. The number of rotatable bonds is 7. The van der Waals surface area contributed by atoms with E-state index in [-0.39, 0.29) is 29.7 Å². The van der Waals surface area contributed by atoms with Gasteiger partial charge in [-0.2, -0.15) is 8.78 Å². The number of hydrogen-bond acceptors (Lipinski definition) is 4. The highest BCUT2D eigenvalue weighted by Gasteiger charge is 2.08. The first-order valence-electron chi connectivity index (χ1n) is 7.51. The minimum Gasteiger partial charge on any atom is -0.435 e. The van der Waals surface area contributed by atoms with E-state index in [1.165, 1.54) is 18.4 Å². The lowest BCUT2D eigenvalue weighted by Gasteiger charge is -2.22. The van der Waals surface area contributed by atoms with Gasteiger partial charge in [0, 0.05) is 26.2 Å². The van der Waals surface area contributed by atoms with Crippen molar-refractivity contribution in [1.29, 1.82) is 0 Å². The summed E-state index contributed by atoms with van der Waals surface area (Å²) in [5, 5.41) is 7.02. The van der Waals surface area contributed by atoms with Gasteiger partial charge in [-0.1, -0.05) is 17.3 Å². The second-order valence-corrected chi connectivity index (χ2v) is 5.04. The molecule has 0 aliphatic rings. The van der Waals surface area contributed by atoms with E-state index in [9.17, 15) is 8.78 Å². The van der Waals surface area contributed by atoms with Crippen LogP contribution in [0.25, 0.3) is 0 Å². The largest absolute Gasteiger partial charge is 0.435 e. The number of halogens is 3. The number of benzene rings is 1. The fourth-order valence-electron chi connectivity index (χ4n) is 2.07. The summed E-state index contributed by atoms with van der Waals surface area (Å²) in [6, 6.07) is 8.29. The molecule has 0 fully saturated rings. The highest BCUT2D eigenvalue weighted by molar-refractivity contribution is 14.0. The van der Waals surface area contributed by atoms with Crippen LogP contribution in [0.2, 0.25) is 0 Å². The van der Waals surface area contributed by atoms with Gasteiger partial charge in [0.15, 0.2) is 5.96 Å². The Labute approximate surface area is 162 Å². The monoisotopic (exact) mass is 466 g/mol. The van der Waals surface area contributed by atoms with Crippen LogP contribution in [-0.2, 0) is 13.1 Å². The molecule has 0 spiro atoms. The van der Waals surface area contributed by atoms with Crippen LogP contribution in [-0.4, -0.2) is 36.2 Å². The van der Waals surface area contributed by atoms with Crippen molar-refractivity contribution in [3.63, 3.8) is 0 Å². The predicted octanol–water partition coefficient (Wildman–Crippen LogP) is 3.49. The van der Waals surface area contributed by atoms with Gasteiger partial charge in [0.1, 0.15) is 17.7 Å². The molecule has 138 valence electrons. The fraction of sp³-hybridized carbons (Fsp3) is 0.375. The van der Waals surface area contributed by atoms with Gasteiger partial charge in [-0.25, -0.2) is 4.99 Å². The third kappa shape index (κ3) is 7.24.